The van der Waals surface area contributed by atoms with E-state index in [0.717, 1.165) is 96.6 Å². The number of hydrogen-bond donors (Lipinski definition) is 0. The third-order valence-electron chi connectivity index (χ3n) is 7.25. The summed E-state index contributed by atoms with van der Waals surface area (Å²) in [7, 11) is 0. The van der Waals surface area contributed by atoms with Gasteiger partial charge in [0.1, 0.15) is 26.9 Å². The number of piperidine rings is 1. The second-order valence-corrected chi connectivity index (χ2v) is 10.6. The molecule has 1 aromatic carbocycles. The molecule has 0 spiro atoms. The number of fused-ring (bicyclic) bond motifs is 3. The van der Waals surface area contributed by atoms with Crippen molar-refractivity contribution in [2.75, 3.05) is 49.1 Å². The van der Waals surface area contributed by atoms with E-state index in [1.165, 1.54) is 5.56 Å². The molecular weight excluding hydrogens is 456 g/mol. The van der Waals surface area contributed by atoms with Gasteiger partial charge in [0.2, 0.25) is 0 Å². The first kappa shape index (κ1) is 22.1. The van der Waals surface area contributed by atoms with Gasteiger partial charge in [-0.2, -0.15) is 5.26 Å². The van der Waals surface area contributed by atoms with E-state index in [0.29, 0.717) is 5.56 Å². The average Bonchev–Trinajstić information content (AvgIpc) is 3.27. The maximum atomic E-state index is 9.97. The summed E-state index contributed by atoms with van der Waals surface area (Å²) < 4.78 is 1.02. The SMILES string of the molecule is CC1CCN(c2nnnc3c2sc2nc(N4CCN(Cc5ccccc5)CC4)c(C#N)cc23)CC1. The second kappa shape index (κ2) is 9.36. The first-order valence-corrected chi connectivity index (χ1v) is 13.1. The molecule has 2 fully saturated rings. The molecule has 8 nitrogen and oxygen atoms in total. The van der Waals surface area contributed by atoms with E-state index < -0.39 is 0 Å². The number of hydrogen-bond acceptors (Lipinski definition) is 9. The van der Waals surface area contributed by atoms with Crippen molar-refractivity contribution < 1.29 is 0 Å². The van der Waals surface area contributed by atoms with E-state index >= 15 is 0 Å². The topological polar surface area (TPSA) is 85.1 Å². The molecule has 0 amide bonds. The fraction of sp³-hybridized carbons (Fsp3) is 0.423. The number of benzene rings is 1. The first-order valence-electron chi connectivity index (χ1n) is 12.3. The van der Waals surface area contributed by atoms with Crippen LogP contribution in [0.4, 0.5) is 11.6 Å². The fourth-order valence-electron chi connectivity index (χ4n) is 5.12. The van der Waals surface area contributed by atoms with Crippen LogP contribution in [0.15, 0.2) is 36.4 Å². The zero-order chi connectivity index (χ0) is 23.8. The summed E-state index contributed by atoms with van der Waals surface area (Å²) >= 11 is 1.62. The number of thiophene rings is 1. The van der Waals surface area contributed by atoms with Crippen molar-refractivity contribution >= 4 is 43.4 Å². The van der Waals surface area contributed by atoms with Crippen molar-refractivity contribution in [3.05, 3.63) is 47.5 Å². The summed E-state index contributed by atoms with van der Waals surface area (Å²) in [5.41, 5.74) is 2.73. The fourth-order valence-corrected chi connectivity index (χ4v) is 6.22. The van der Waals surface area contributed by atoms with Crippen LogP contribution in [0.1, 0.15) is 30.9 Å². The molecule has 0 aliphatic carbocycles. The molecule has 0 N–H and O–H groups in total. The Bertz CT molecular complexity index is 1380. The zero-order valence-electron chi connectivity index (χ0n) is 19.9. The Morgan fingerprint density at radius 1 is 0.971 bits per heavy atom. The minimum Gasteiger partial charge on any atom is -0.354 e. The molecule has 0 atom stereocenters. The highest BCUT2D eigenvalue weighted by molar-refractivity contribution is 7.26. The van der Waals surface area contributed by atoms with E-state index in [-0.39, 0.29) is 0 Å². The monoisotopic (exact) mass is 484 g/mol. The standard InChI is InChI=1S/C26H28N8S/c1-18-7-9-33(10-8-18)25-23-22(29-31-30-25)21-15-20(16-27)24(28-26(21)35-23)34-13-11-32(12-14-34)17-19-5-3-2-4-6-19/h2-6,15,18H,7-14,17H2,1H3. The van der Waals surface area contributed by atoms with Gasteiger partial charge < -0.3 is 9.80 Å². The molecule has 0 unspecified atom stereocenters. The molecular formula is C26H28N8S. The normalized spacial score (nSPS) is 17.8. The molecule has 9 heteroatoms. The molecule has 2 saturated heterocycles. The molecule has 3 aromatic heterocycles. The lowest BCUT2D eigenvalue weighted by Gasteiger charge is -2.35. The largest absolute Gasteiger partial charge is 0.354 e. The van der Waals surface area contributed by atoms with Crippen LogP contribution in [0.3, 0.4) is 0 Å². The number of aromatic nitrogens is 4. The third-order valence-corrected chi connectivity index (χ3v) is 8.33. The molecule has 178 valence electrons. The zero-order valence-corrected chi connectivity index (χ0v) is 20.7. The summed E-state index contributed by atoms with van der Waals surface area (Å²) in [6.45, 7) is 8.81. The summed E-state index contributed by atoms with van der Waals surface area (Å²) in [6.07, 6.45) is 2.32. The van der Waals surface area contributed by atoms with Gasteiger partial charge in [-0.3, -0.25) is 4.90 Å². The second-order valence-electron chi connectivity index (χ2n) is 9.64. The highest BCUT2D eigenvalue weighted by atomic mass is 32.1. The highest BCUT2D eigenvalue weighted by Crippen LogP contribution is 2.39. The Morgan fingerprint density at radius 3 is 2.46 bits per heavy atom. The van der Waals surface area contributed by atoms with Crippen molar-refractivity contribution in [3.63, 3.8) is 0 Å². The number of nitriles is 1. The van der Waals surface area contributed by atoms with Gasteiger partial charge in [-0.05, 0) is 35.6 Å². The van der Waals surface area contributed by atoms with E-state index in [1.807, 2.05) is 6.07 Å². The van der Waals surface area contributed by atoms with Crippen LogP contribution >= 0.6 is 11.3 Å². The van der Waals surface area contributed by atoms with Gasteiger partial charge >= 0.3 is 0 Å². The van der Waals surface area contributed by atoms with Gasteiger partial charge in [0.25, 0.3) is 0 Å². The lowest BCUT2D eigenvalue weighted by atomic mass is 9.99. The number of nitrogens with zero attached hydrogens (tertiary/aromatic N) is 8. The predicted octanol–water partition coefficient (Wildman–Crippen LogP) is 4.06. The van der Waals surface area contributed by atoms with Gasteiger partial charge in [-0.1, -0.05) is 37.3 Å². The van der Waals surface area contributed by atoms with Gasteiger partial charge in [0.15, 0.2) is 5.82 Å². The Labute approximate surface area is 208 Å². The van der Waals surface area contributed by atoms with Crippen LogP contribution in [-0.4, -0.2) is 64.6 Å². The summed E-state index contributed by atoms with van der Waals surface area (Å²) in [5, 5.41) is 23.7. The number of piperazine rings is 1. The first-order chi connectivity index (χ1) is 17.2. The van der Waals surface area contributed by atoms with Crippen molar-refractivity contribution in [2.24, 2.45) is 5.92 Å². The molecule has 35 heavy (non-hydrogen) atoms. The Morgan fingerprint density at radius 2 is 1.71 bits per heavy atom. The van der Waals surface area contributed by atoms with Crippen LogP contribution in [0.5, 0.6) is 0 Å². The minimum atomic E-state index is 0.598. The van der Waals surface area contributed by atoms with E-state index in [2.05, 4.69) is 73.4 Å². The molecule has 6 rings (SSSR count). The van der Waals surface area contributed by atoms with Crippen molar-refractivity contribution in [2.45, 2.75) is 26.3 Å². The van der Waals surface area contributed by atoms with E-state index in [9.17, 15) is 5.26 Å². The van der Waals surface area contributed by atoms with E-state index in [4.69, 9.17) is 4.98 Å². The molecule has 2 aliphatic rings. The van der Waals surface area contributed by atoms with Crippen LogP contribution in [-0.2, 0) is 6.54 Å². The summed E-state index contributed by atoms with van der Waals surface area (Å²) in [5.74, 6) is 2.43. The summed E-state index contributed by atoms with van der Waals surface area (Å²) in [6, 6.07) is 14.9. The van der Waals surface area contributed by atoms with Crippen molar-refractivity contribution in [1.82, 2.24) is 25.3 Å². The Kier molecular flexibility index (Phi) is 5.92. The molecule has 0 saturated carbocycles. The average molecular weight is 485 g/mol. The predicted molar refractivity (Wildman–Crippen MR) is 140 cm³/mol. The van der Waals surface area contributed by atoms with Gasteiger partial charge in [0, 0.05) is 51.2 Å². The van der Waals surface area contributed by atoms with Crippen LogP contribution in [0, 0.1) is 17.2 Å². The third kappa shape index (κ3) is 4.28. The lowest BCUT2D eigenvalue weighted by molar-refractivity contribution is 0.249. The van der Waals surface area contributed by atoms with E-state index in [1.54, 1.807) is 11.3 Å². The molecule has 0 radical (unpaired) electrons. The highest BCUT2D eigenvalue weighted by Gasteiger charge is 2.25. The maximum Gasteiger partial charge on any atom is 0.172 e. The van der Waals surface area contributed by atoms with Gasteiger partial charge in [-0.15, -0.1) is 21.5 Å². The smallest absolute Gasteiger partial charge is 0.172 e. The van der Waals surface area contributed by atoms with Crippen LogP contribution in [0.2, 0.25) is 0 Å². The lowest BCUT2D eigenvalue weighted by Crippen LogP contribution is -2.46. The van der Waals surface area contributed by atoms with Crippen molar-refractivity contribution in [3.8, 4) is 6.07 Å². The maximum absolute atomic E-state index is 9.97. The summed E-state index contributed by atoms with van der Waals surface area (Å²) in [4.78, 5) is 12.9. The number of pyridine rings is 1. The molecule has 5 heterocycles. The van der Waals surface area contributed by atoms with Gasteiger partial charge in [-0.25, -0.2) is 4.98 Å². The quantitative estimate of drug-likeness (QED) is 0.429. The van der Waals surface area contributed by atoms with Gasteiger partial charge in [0.05, 0.1) is 5.56 Å². The van der Waals surface area contributed by atoms with Crippen LogP contribution < -0.4 is 9.80 Å². The van der Waals surface area contributed by atoms with Crippen molar-refractivity contribution in [1.29, 1.82) is 5.26 Å². The number of rotatable bonds is 4. The Hall–Kier alpha value is -3.35. The molecule has 2 aliphatic heterocycles. The molecule has 0 bridgehead atoms. The minimum absolute atomic E-state index is 0.598. The Balaban J connectivity index is 1.28. The molecule has 4 aromatic rings. The van der Waals surface area contributed by atoms with Crippen LogP contribution in [0.25, 0.3) is 20.4 Å². The number of anilines is 2.